The first kappa shape index (κ1) is 12.8. The summed E-state index contributed by atoms with van der Waals surface area (Å²) in [6.45, 7) is 4.56. The zero-order valence-corrected chi connectivity index (χ0v) is 11.3. The van der Waals surface area contributed by atoms with Crippen LogP contribution in [0.15, 0.2) is 36.4 Å². The van der Waals surface area contributed by atoms with Crippen molar-refractivity contribution in [2.45, 2.75) is 20.4 Å². The van der Waals surface area contributed by atoms with Crippen molar-refractivity contribution >= 4 is 17.3 Å². The van der Waals surface area contributed by atoms with E-state index in [9.17, 15) is 5.11 Å². The molecule has 2 aromatic rings. The third-order valence-corrected chi connectivity index (χ3v) is 3.44. The number of hydrogen-bond donors (Lipinski definition) is 2. The SMILES string of the molecule is Cc1cc(NCc2c(C)cccc2O)ccc1Cl. The van der Waals surface area contributed by atoms with Crippen LogP contribution in [0.2, 0.25) is 5.02 Å². The first-order valence-corrected chi connectivity index (χ1v) is 6.23. The van der Waals surface area contributed by atoms with Gasteiger partial charge >= 0.3 is 0 Å². The van der Waals surface area contributed by atoms with E-state index < -0.39 is 0 Å². The van der Waals surface area contributed by atoms with E-state index in [0.717, 1.165) is 27.4 Å². The zero-order valence-electron chi connectivity index (χ0n) is 10.5. The quantitative estimate of drug-likeness (QED) is 0.865. The molecule has 2 rings (SSSR count). The Kier molecular flexibility index (Phi) is 3.78. The van der Waals surface area contributed by atoms with Crippen molar-refractivity contribution in [3.05, 3.63) is 58.1 Å². The summed E-state index contributed by atoms with van der Waals surface area (Å²) in [6, 6.07) is 11.3. The smallest absolute Gasteiger partial charge is 0.120 e. The Hall–Kier alpha value is -1.67. The second-order valence-corrected chi connectivity index (χ2v) is 4.80. The van der Waals surface area contributed by atoms with E-state index in [1.165, 1.54) is 0 Å². The molecule has 0 heterocycles. The van der Waals surface area contributed by atoms with Gasteiger partial charge in [0.05, 0.1) is 0 Å². The Balaban J connectivity index is 2.14. The monoisotopic (exact) mass is 261 g/mol. The van der Waals surface area contributed by atoms with E-state index in [0.29, 0.717) is 12.3 Å². The van der Waals surface area contributed by atoms with E-state index in [4.69, 9.17) is 11.6 Å². The number of nitrogens with one attached hydrogen (secondary N) is 1. The zero-order chi connectivity index (χ0) is 13.1. The highest BCUT2D eigenvalue weighted by atomic mass is 35.5. The van der Waals surface area contributed by atoms with Gasteiger partial charge in [-0.05, 0) is 49.2 Å². The molecule has 0 spiro atoms. The highest BCUT2D eigenvalue weighted by molar-refractivity contribution is 6.31. The van der Waals surface area contributed by atoms with Crippen LogP contribution in [0.25, 0.3) is 0 Å². The molecule has 0 aromatic heterocycles. The van der Waals surface area contributed by atoms with Crippen molar-refractivity contribution in [3.8, 4) is 5.75 Å². The molecule has 0 aliphatic rings. The Labute approximate surface area is 112 Å². The molecule has 0 saturated carbocycles. The molecule has 18 heavy (non-hydrogen) atoms. The van der Waals surface area contributed by atoms with E-state index >= 15 is 0 Å². The van der Waals surface area contributed by atoms with Crippen molar-refractivity contribution in [2.24, 2.45) is 0 Å². The third-order valence-electron chi connectivity index (χ3n) is 3.01. The highest BCUT2D eigenvalue weighted by Crippen LogP contribution is 2.23. The van der Waals surface area contributed by atoms with Crippen LogP contribution in [0.4, 0.5) is 5.69 Å². The maximum atomic E-state index is 9.81. The van der Waals surface area contributed by atoms with Gasteiger partial charge in [-0.3, -0.25) is 0 Å². The minimum atomic E-state index is 0.327. The van der Waals surface area contributed by atoms with E-state index in [1.54, 1.807) is 6.07 Å². The molecule has 0 radical (unpaired) electrons. The van der Waals surface area contributed by atoms with Crippen LogP contribution in [0, 0.1) is 13.8 Å². The lowest BCUT2D eigenvalue weighted by Crippen LogP contribution is -2.01. The minimum absolute atomic E-state index is 0.327. The normalized spacial score (nSPS) is 10.4. The average molecular weight is 262 g/mol. The third kappa shape index (κ3) is 2.77. The second-order valence-electron chi connectivity index (χ2n) is 4.39. The number of phenolic OH excluding ortho intramolecular Hbond substituents is 1. The summed E-state index contributed by atoms with van der Waals surface area (Å²) in [7, 11) is 0. The van der Waals surface area contributed by atoms with Gasteiger partial charge in [0, 0.05) is 22.8 Å². The number of halogens is 1. The number of rotatable bonds is 3. The molecule has 0 fully saturated rings. The predicted molar refractivity (Wildman–Crippen MR) is 76.4 cm³/mol. The molecule has 0 unspecified atom stereocenters. The topological polar surface area (TPSA) is 32.3 Å². The van der Waals surface area contributed by atoms with Crippen LogP contribution in [0.1, 0.15) is 16.7 Å². The predicted octanol–water partition coefficient (Wildman–Crippen LogP) is 4.27. The van der Waals surface area contributed by atoms with Gasteiger partial charge in [0.15, 0.2) is 0 Å². The molecule has 3 heteroatoms. The molecule has 0 aliphatic carbocycles. The van der Waals surface area contributed by atoms with Crippen molar-refractivity contribution in [3.63, 3.8) is 0 Å². The summed E-state index contributed by atoms with van der Waals surface area (Å²) in [6.07, 6.45) is 0. The second kappa shape index (κ2) is 5.32. The van der Waals surface area contributed by atoms with Crippen LogP contribution >= 0.6 is 11.6 Å². The largest absolute Gasteiger partial charge is 0.508 e. The van der Waals surface area contributed by atoms with Gasteiger partial charge in [0.1, 0.15) is 5.75 Å². The van der Waals surface area contributed by atoms with Crippen molar-refractivity contribution in [1.29, 1.82) is 0 Å². The van der Waals surface area contributed by atoms with E-state index in [-0.39, 0.29) is 0 Å². The molecule has 94 valence electrons. The number of phenols is 1. The summed E-state index contributed by atoms with van der Waals surface area (Å²) in [4.78, 5) is 0. The van der Waals surface area contributed by atoms with Crippen LogP contribution < -0.4 is 5.32 Å². The van der Waals surface area contributed by atoms with E-state index in [1.807, 2.05) is 44.2 Å². The van der Waals surface area contributed by atoms with Gasteiger partial charge in [0.25, 0.3) is 0 Å². The van der Waals surface area contributed by atoms with Crippen molar-refractivity contribution < 1.29 is 5.11 Å². The molecule has 0 bridgehead atoms. The average Bonchev–Trinajstić information content (AvgIpc) is 2.33. The Morgan fingerprint density at radius 1 is 1.11 bits per heavy atom. The Bertz CT molecular complexity index is 546. The van der Waals surface area contributed by atoms with Crippen LogP contribution in [-0.2, 0) is 6.54 Å². The summed E-state index contributed by atoms with van der Waals surface area (Å²) in [5, 5.41) is 13.9. The fraction of sp³-hybridized carbons (Fsp3) is 0.200. The van der Waals surface area contributed by atoms with Crippen LogP contribution in [0.5, 0.6) is 5.75 Å². The maximum absolute atomic E-state index is 9.81. The molecule has 2 aromatic carbocycles. The number of aromatic hydroxyl groups is 1. The lowest BCUT2D eigenvalue weighted by Gasteiger charge is -2.11. The highest BCUT2D eigenvalue weighted by Gasteiger charge is 2.04. The maximum Gasteiger partial charge on any atom is 0.120 e. The molecular weight excluding hydrogens is 246 g/mol. The molecule has 0 aliphatic heterocycles. The van der Waals surface area contributed by atoms with Gasteiger partial charge < -0.3 is 10.4 Å². The standard InChI is InChI=1S/C15H16ClNO/c1-10-4-3-5-15(18)13(10)9-17-12-6-7-14(16)11(2)8-12/h3-8,17-18H,9H2,1-2H3. The van der Waals surface area contributed by atoms with E-state index in [2.05, 4.69) is 5.32 Å². The molecule has 0 amide bonds. The number of aryl methyl sites for hydroxylation is 2. The Morgan fingerprint density at radius 2 is 1.89 bits per heavy atom. The fourth-order valence-corrected chi connectivity index (χ4v) is 1.98. The number of anilines is 1. The van der Waals surface area contributed by atoms with Gasteiger partial charge in [-0.2, -0.15) is 0 Å². The molecule has 2 N–H and O–H groups in total. The first-order valence-electron chi connectivity index (χ1n) is 5.85. The minimum Gasteiger partial charge on any atom is -0.508 e. The summed E-state index contributed by atoms with van der Waals surface area (Å²) in [5.41, 5.74) is 4.04. The van der Waals surface area contributed by atoms with Crippen molar-refractivity contribution in [1.82, 2.24) is 0 Å². The lowest BCUT2D eigenvalue weighted by molar-refractivity contribution is 0.468. The molecule has 0 atom stereocenters. The summed E-state index contributed by atoms with van der Waals surface area (Å²) >= 11 is 5.98. The lowest BCUT2D eigenvalue weighted by atomic mass is 10.1. The number of hydrogen-bond acceptors (Lipinski definition) is 2. The summed E-state index contributed by atoms with van der Waals surface area (Å²) in [5.74, 6) is 0.327. The fourth-order valence-electron chi connectivity index (χ4n) is 1.86. The van der Waals surface area contributed by atoms with Crippen LogP contribution in [0.3, 0.4) is 0 Å². The summed E-state index contributed by atoms with van der Waals surface area (Å²) < 4.78 is 0. The van der Waals surface area contributed by atoms with Gasteiger partial charge in [0.2, 0.25) is 0 Å². The molecular formula is C15H16ClNO. The van der Waals surface area contributed by atoms with Crippen molar-refractivity contribution in [2.75, 3.05) is 5.32 Å². The first-order chi connectivity index (χ1) is 8.58. The number of benzene rings is 2. The van der Waals surface area contributed by atoms with Crippen LogP contribution in [-0.4, -0.2) is 5.11 Å². The van der Waals surface area contributed by atoms with Gasteiger partial charge in [-0.25, -0.2) is 0 Å². The molecule has 0 saturated heterocycles. The van der Waals surface area contributed by atoms with Gasteiger partial charge in [-0.15, -0.1) is 0 Å². The van der Waals surface area contributed by atoms with Gasteiger partial charge in [-0.1, -0.05) is 23.7 Å². The Morgan fingerprint density at radius 3 is 2.56 bits per heavy atom. The molecule has 2 nitrogen and oxygen atoms in total.